The Bertz CT molecular complexity index is 741. The molecule has 5 heteroatoms. The van der Waals surface area contributed by atoms with Gasteiger partial charge in [0.15, 0.2) is 0 Å². The molecule has 0 saturated heterocycles. The first-order valence-electron chi connectivity index (χ1n) is 7.52. The molecule has 0 aliphatic heterocycles. The average molecular weight is 326 g/mol. The van der Waals surface area contributed by atoms with Gasteiger partial charge in [-0.3, -0.25) is 9.59 Å². The van der Waals surface area contributed by atoms with Gasteiger partial charge in [-0.25, -0.2) is 0 Å². The predicted molar refractivity (Wildman–Crippen MR) is 94.0 cm³/mol. The third kappa shape index (κ3) is 4.13. The second-order valence-electron chi connectivity index (χ2n) is 5.53. The minimum Gasteiger partial charge on any atom is -0.326 e. The largest absolute Gasteiger partial charge is 0.326 e. The Hall–Kier alpha value is -2.27. The summed E-state index contributed by atoms with van der Waals surface area (Å²) >= 11 is 1.62. The zero-order valence-electron chi connectivity index (χ0n) is 12.8. The summed E-state index contributed by atoms with van der Waals surface area (Å²) in [7, 11) is 0. The number of hydrogen-bond acceptors (Lipinski definition) is 3. The van der Waals surface area contributed by atoms with Crippen LogP contribution < -0.4 is 10.6 Å². The van der Waals surface area contributed by atoms with Crippen LogP contribution in [-0.4, -0.2) is 18.1 Å². The highest BCUT2D eigenvalue weighted by molar-refractivity contribution is 7.98. The summed E-state index contributed by atoms with van der Waals surface area (Å²) < 4.78 is 0. The first-order valence-corrected chi connectivity index (χ1v) is 8.74. The second kappa shape index (κ2) is 6.87. The molecule has 0 heterocycles. The van der Waals surface area contributed by atoms with Crippen molar-refractivity contribution in [2.45, 2.75) is 17.7 Å². The van der Waals surface area contributed by atoms with E-state index in [1.165, 1.54) is 0 Å². The molecule has 1 aliphatic carbocycles. The Morgan fingerprint density at radius 3 is 2.39 bits per heavy atom. The van der Waals surface area contributed by atoms with E-state index in [0.717, 1.165) is 23.4 Å². The normalized spacial score (nSPS) is 13.4. The van der Waals surface area contributed by atoms with Gasteiger partial charge >= 0.3 is 0 Å². The molecular weight excluding hydrogens is 308 g/mol. The van der Waals surface area contributed by atoms with Gasteiger partial charge in [-0.2, -0.15) is 0 Å². The van der Waals surface area contributed by atoms with Crippen molar-refractivity contribution in [3.63, 3.8) is 0 Å². The van der Waals surface area contributed by atoms with Gasteiger partial charge in [-0.1, -0.05) is 12.1 Å². The van der Waals surface area contributed by atoms with Gasteiger partial charge in [0.1, 0.15) is 0 Å². The van der Waals surface area contributed by atoms with Crippen LogP contribution in [0, 0.1) is 5.92 Å². The maximum absolute atomic E-state index is 12.4. The number of thioether (sulfide) groups is 1. The summed E-state index contributed by atoms with van der Waals surface area (Å²) in [5.41, 5.74) is 1.94. The molecule has 1 saturated carbocycles. The minimum absolute atomic E-state index is 0.0372. The van der Waals surface area contributed by atoms with Crippen molar-refractivity contribution in [1.29, 1.82) is 0 Å². The number of carbonyl (C=O) groups excluding carboxylic acids is 2. The van der Waals surface area contributed by atoms with Crippen LogP contribution in [0.2, 0.25) is 0 Å². The van der Waals surface area contributed by atoms with Crippen LogP contribution in [0.4, 0.5) is 11.4 Å². The summed E-state index contributed by atoms with van der Waals surface area (Å²) in [6.45, 7) is 0. The first kappa shape index (κ1) is 15.6. The predicted octanol–water partition coefficient (Wildman–Crippen LogP) is 4.01. The van der Waals surface area contributed by atoms with E-state index in [-0.39, 0.29) is 17.7 Å². The molecule has 0 spiro atoms. The van der Waals surface area contributed by atoms with Crippen molar-refractivity contribution in [2.75, 3.05) is 16.9 Å². The zero-order valence-corrected chi connectivity index (χ0v) is 13.7. The molecule has 0 unspecified atom stereocenters. The van der Waals surface area contributed by atoms with Gasteiger partial charge in [0.2, 0.25) is 5.91 Å². The minimum atomic E-state index is -0.189. The Balaban J connectivity index is 1.70. The topological polar surface area (TPSA) is 58.2 Å². The summed E-state index contributed by atoms with van der Waals surface area (Å²) in [6.07, 6.45) is 3.91. The van der Waals surface area contributed by atoms with E-state index in [1.54, 1.807) is 36.0 Å². The van der Waals surface area contributed by atoms with Crippen LogP contribution in [0.3, 0.4) is 0 Å². The molecule has 0 radical (unpaired) electrons. The average Bonchev–Trinajstić information content (AvgIpc) is 3.40. The third-order valence-electron chi connectivity index (χ3n) is 3.67. The van der Waals surface area contributed by atoms with Crippen molar-refractivity contribution in [3.05, 3.63) is 54.1 Å². The Kier molecular flexibility index (Phi) is 4.67. The quantitative estimate of drug-likeness (QED) is 0.816. The Morgan fingerprint density at radius 1 is 1.00 bits per heavy atom. The van der Waals surface area contributed by atoms with E-state index < -0.39 is 0 Å². The van der Waals surface area contributed by atoms with Crippen molar-refractivity contribution in [1.82, 2.24) is 0 Å². The van der Waals surface area contributed by atoms with Crippen LogP contribution in [0.5, 0.6) is 0 Å². The third-order valence-corrected chi connectivity index (χ3v) is 4.39. The Morgan fingerprint density at radius 2 is 1.70 bits per heavy atom. The van der Waals surface area contributed by atoms with Gasteiger partial charge in [0.05, 0.1) is 0 Å². The van der Waals surface area contributed by atoms with Gasteiger partial charge in [0, 0.05) is 27.8 Å². The van der Waals surface area contributed by atoms with Gasteiger partial charge in [-0.15, -0.1) is 11.8 Å². The lowest BCUT2D eigenvalue weighted by Crippen LogP contribution is -2.15. The molecular formula is C18H18N2O2S. The van der Waals surface area contributed by atoms with E-state index in [0.29, 0.717) is 11.3 Å². The van der Waals surface area contributed by atoms with E-state index in [2.05, 4.69) is 10.6 Å². The molecule has 2 aromatic carbocycles. The number of hydrogen-bond donors (Lipinski definition) is 2. The zero-order chi connectivity index (χ0) is 16.2. The molecule has 23 heavy (non-hydrogen) atoms. The SMILES string of the molecule is CSc1cccc(NC(=O)c2cccc(NC(=O)C3CC3)c2)c1. The van der Waals surface area contributed by atoms with Crippen molar-refractivity contribution >= 4 is 35.0 Å². The molecule has 0 atom stereocenters. The lowest BCUT2D eigenvalue weighted by atomic mass is 10.1. The van der Waals surface area contributed by atoms with Crippen LogP contribution in [-0.2, 0) is 4.79 Å². The number of rotatable bonds is 5. The van der Waals surface area contributed by atoms with Crippen molar-refractivity contribution in [3.8, 4) is 0 Å². The molecule has 0 aromatic heterocycles. The van der Waals surface area contributed by atoms with Gasteiger partial charge in [0.25, 0.3) is 5.91 Å². The van der Waals surface area contributed by atoms with Crippen LogP contribution in [0.15, 0.2) is 53.4 Å². The van der Waals surface area contributed by atoms with Crippen LogP contribution in [0.1, 0.15) is 23.2 Å². The van der Waals surface area contributed by atoms with E-state index in [4.69, 9.17) is 0 Å². The standard InChI is InChI=1S/C18H18N2O2S/c1-23-16-7-3-6-15(11-16)20-18(22)13-4-2-5-14(10-13)19-17(21)12-8-9-12/h2-7,10-12H,8-9H2,1H3,(H,19,21)(H,20,22). The molecule has 4 nitrogen and oxygen atoms in total. The molecule has 2 aromatic rings. The first-order chi connectivity index (χ1) is 11.2. The molecule has 118 valence electrons. The number of benzene rings is 2. The van der Waals surface area contributed by atoms with Crippen LogP contribution in [0.25, 0.3) is 0 Å². The highest BCUT2D eigenvalue weighted by Crippen LogP contribution is 2.30. The maximum atomic E-state index is 12.4. The lowest BCUT2D eigenvalue weighted by molar-refractivity contribution is -0.117. The van der Waals surface area contributed by atoms with Gasteiger partial charge < -0.3 is 10.6 Å². The monoisotopic (exact) mass is 326 g/mol. The fraction of sp³-hybridized carbons (Fsp3) is 0.222. The number of carbonyl (C=O) groups is 2. The highest BCUT2D eigenvalue weighted by Gasteiger charge is 2.29. The van der Waals surface area contributed by atoms with E-state index in [9.17, 15) is 9.59 Å². The molecule has 2 N–H and O–H groups in total. The van der Waals surface area contributed by atoms with Crippen molar-refractivity contribution in [2.24, 2.45) is 5.92 Å². The molecule has 1 aliphatic rings. The molecule has 0 bridgehead atoms. The summed E-state index contributed by atoms with van der Waals surface area (Å²) in [5.74, 6) is -0.0113. The number of anilines is 2. The Labute approximate surface area is 139 Å². The fourth-order valence-corrected chi connectivity index (χ4v) is 2.69. The second-order valence-corrected chi connectivity index (χ2v) is 6.41. The summed E-state index contributed by atoms with van der Waals surface area (Å²) in [4.78, 5) is 25.3. The number of amides is 2. The van der Waals surface area contributed by atoms with Gasteiger partial charge in [-0.05, 0) is 55.5 Å². The summed E-state index contributed by atoms with van der Waals surface area (Å²) in [5, 5.41) is 5.74. The van der Waals surface area contributed by atoms with E-state index >= 15 is 0 Å². The van der Waals surface area contributed by atoms with Crippen LogP contribution >= 0.6 is 11.8 Å². The number of nitrogens with one attached hydrogen (secondary N) is 2. The maximum Gasteiger partial charge on any atom is 0.255 e. The molecule has 2 amide bonds. The molecule has 1 fully saturated rings. The lowest BCUT2D eigenvalue weighted by Gasteiger charge is -2.09. The highest BCUT2D eigenvalue weighted by atomic mass is 32.2. The fourth-order valence-electron chi connectivity index (χ4n) is 2.23. The smallest absolute Gasteiger partial charge is 0.255 e. The van der Waals surface area contributed by atoms with Crippen molar-refractivity contribution < 1.29 is 9.59 Å². The molecule has 3 rings (SSSR count). The summed E-state index contributed by atoms with van der Waals surface area (Å²) in [6, 6.07) is 14.7. The van der Waals surface area contributed by atoms with E-state index in [1.807, 2.05) is 30.5 Å².